The lowest BCUT2D eigenvalue weighted by molar-refractivity contribution is 0.121. The first kappa shape index (κ1) is 10.4. The minimum Gasteiger partial charge on any atom is -0.379 e. The Morgan fingerprint density at radius 2 is 2.27 bits per heavy atom. The summed E-state index contributed by atoms with van der Waals surface area (Å²) in [6.45, 7) is 4.80. The van der Waals surface area contributed by atoms with Crippen LogP contribution in [0.2, 0.25) is 0 Å². The molecule has 1 aliphatic rings. The van der Waals surface area contributed by atoms with Gasteiger partial charge in [0.1, 0.15) is 5.82 Å². The first-order valence-corrected chi connectivity index (χ1v) is 5.31. The lowest BCUT2D eigenvalue weighted by Crippen LogP contribution is -2.27. The van der Waals surface area contributed by atoms with E-state index in [1.54, 1.807) is 12.1 Å². The molecule has 1 heterocycles. The predicted octanol–water partition coefficient (Wildman–Crippen LogP) is 2.72. The van der Waals surface area contributed by atoms with Crippen LogP contribution in [0.3, 0.4) is 0 Å². The molecule has 1 saturated heterocycles. The normalized spacial score (nSPS) is 25.5. The highest BCUT2D eigenvalue weighted by molar-refractivity contribution is 5.51. The van der Waals surface area contributed by atoms with Gasteiger partial charge in [0.05, 0.1) is 12.1 Å². The number of hydrogen-bond acceptors (Lipinski definition) is 2. The predicted molar refractivity (Wildman–Crippen MR) is 58.6 cm³/mol. The third-order valence-electron chi connectivity index (χ3n) is 2.92. The monoisotopic (exact) mass is 209 g/mol. The van der Waals surface area contributed by atoms with E-state index in [1.165, 1.54) is 6.07 Å². The Bertz CT molecular complexity index is 353. The van der Waals surface area contributed by atoms with Crippen molar-refractivity contribution >= 4 is 5.69 Å². The van der Waals surface area contributed by atoms with Crippen molar-refractivity contribution in [2.45, 2.75) is 32.4 Å². The fourth-order valence-corrected chi connectivity index (χ4v) is 1.87. The summed E-state index contributed by atoms with van der Waals surface area (Å²) in [6.07, 6.45) is 1.18. The van der Waals surface area contributed by atoms with E-state index in [9.17, 15) is 4.39 Å². The first-order chi connectivity index (χ1) is 7.16. The van der Waals surface area contributed by atoms with Crippen LogP contribution in [0.4, 0.5) is 10.1 Å². The van der Waals surface area contributed by atoms with E-state index in [0.29, 0.717) is 6.04 Å². The lowest BCUT2D eigenvalue weighted by Gasteiger charge is -2.18. The maximum atomic E-state index is 13.0. The van der Waals surface area contributed by atoms with Gasteiger partial charge in [-0.3, -0.25) is 0 Å². The molecule has 0 aromatic heterocycles. The summed E-state index contributed by atoms with van der Waals surface area (Å²) in [7, 11) is 0. The number of benzene rings is 1. The van der Waals surface area contributed by atoms with Crippen molar-refractivity contribution in [1.82, 2.24) is 0 Å². The van der Waals surface area contributed by atoms with Crippen LogP contribution >= 0.6 is 0 Å². The van der Waals surface area contributed by atoms with Gasteiger partial charge < -0.3 is 10.1 Å². The Hall–Kier alpha value is -1.09. The Morgan fingerprint density at radius 1 is 1.47 bits per heavy atom. The fraction of sp³-hybridized carbons (Fsp3) is 0.500. The summed E-state index contributed by atoms with van der Waals surface area (Å²) in [5, 5.41) is 3.33. The summed E-state index contributed by atoms with van der Waals surface area (Å²) in [5.74, 6) is -0.199. The fourth-order valence-electron chi connectivity index (χ4n) is 1.87. The molecule has 1 aromatic carbocycles. The van der Waals surface area contributed by atoms with Crippen LogP contribution in [0.5, 0.6) is 0 Å². The van der Waals surface area contributed by atoms with E-state index in [-0.39, 0.29) is 11.9 Å². The second kappa shape index (κ2) is 4.19. The quantitative estimate of drug-likeness (QED) is 0.808. The van der Waals surface area contributed by atoms with Crippen LogP contribution < -0.4 is 5.32 Å². The second-order valence-corrected chi connectivity index (χ2v) is 4.07. The molecule has 2 atom stereocenters. The molecule has 1 aliphatic heterocycles. The number of nitrogens with one attached hydrogen (secondary N) is 1. The minimum absolute atomic E-state index is 0.199. The van der Waals surface area contributed by atoms with Gasteiger partial charge in [-0.05, 0) is 38.0 Å². The molecule has 0 bridgehead atoms. The SMILES string of the molecule is Cc1ccc(F)cc1NC1CCOC1C. The maximum absolute atomic E-state index is 13.0. The van der Waals surface area contributed by atoms with Crippen molar-refractivity contribution in [2.75, 3.05) is 11.9 Å². The van der Waals surface area contributed by atoms with Crippen molar-refractivity contribution in [3.8, 4) is 0 Å². The second-order valence-electron chi connectivity index (χ2n) is 4.07. The third kappa shape index (κ3) is 2.29. The Balaban J connectivity index is 2.12. The van der Waals surface area contributed by atoms with Gasteiger partial charge in [0.15, 0.2) is 0 Å². The average Bonchev–Trinajstić information content (AvgIpc) is 2.58. The van der Waals surface area contributed by atoms with Crippen LogP contribution in [0, 0.1) is 12.7 Å². The highest BCUT2D eigenvalue weighted by Crippen LogP contribution is 2.22. The number of hydrogen-bond donors (Lipinski definition) is 1. The van der Waals surface area contributed by atoms with Gasteiger partial charge >= 0.3 is 0 Å². The molecule has 1 aromatic rings. The van der Waals surface area contributed by atoms with Crippen molar-refractivity contribution < 1.29 is 9.13 Å². The van der Waals surface area contributed by atoms with E-state index in [1.807, 2.05) is 13.8 Å². The molecule has 2 rings (SSSR count). The number of halogens is 1. The van der Waals surface area contributed by atoms with Gasteiger partial charge in [0.2, 0.25) is 0 Å². The van der Waals surface area contributed by atoms with Gasteiger partial charge in [0.25, 0.3) is 0 Å². The largest absolute Gasteiger partial charge is 0.379 e. The van der Waals surface area contributed by atoms with Gasteiger partial charge in [-0.1, -0.05) is 6.07 Å². The number of ether oxygens (including phenoxy) is 1. The Kier molecular flexibility index (Phi) is 2.91. The summed E-state index contributed by atoms with van der Waals surface area (Å²) in [6, 6.07) is 5.11. The Labute approximate surface area is 89.4 Å². The molecule has 0 saturated carbocycles. The smallest absolute Gasteiger partial charge is 0.125 e. The van der Waals surface area contributed by atoms with Crippen LogP contribution in [-0.4, -0.2) is 18.8 Å². The van der Waals surface area contributed by atoms with Crippen LogP contribution in [-0.2, 0) is 4.74 Å². The van der Waals surface area contributed by atoms with Gasteiger partial charge in [-0.2, -0.15) is 0 Å². The first-order valence-electron chi connectivity index (χ1n) is 5.31. The highest BCUT2D eigenvalue weighted by Gasteiger charge is 2.24. The molecule has 82 valence electrons. The molecule has 0 amide bonds. The van der Waals surface area contributed by atoms with Crippen molar-refractivity contribution in [3.05, 3.63) is 29.6 Å². The van der Waals surface area contributed by atoms with Crippen molar-refractivity contribution in [2.24, 2.45) is 0 Å². The number of anilines is 1. The van der Waals surface area contributed by atoms with E-state index >= 15 is 0 Å². The molecule has 1 fully saturated rings. The van der Waals surface area contributed by atoms with Crippen LogP contribution in [0.1, 0.15) is 18.9 Å². The summed E-state index contributed by atoms with van der Waals surface area (Å²) < 4.78 is 18.5. The van der Waals surface area contributed by atoms with Gasteiger partial charge in [0, 0.05) is 12.3 Å². The molecule has 0 radical (unpaired) electrons. The Morgan fingerprint density at radius 3 is 2.93 bits per heavy atom. The molecular formula is C12H16FNO. The zero-order chi connectivity index (χ0) is 10.8. The van der Waals surface area contributed by atoms with E-state index in [2.05, 4.69) is 5.32 Å². The van der Waals surface area contributed by atoms with Crippen LogP contribution in [0.25, 0.3) is 0 Å². The molecule has 2 nitrogen and oxygen atoms in total. The topological polar surface area (TPSA) is 21.3 Å². The number of rotatable bonds is 2. The summed E-state index contributed by atoms with van der Waals surface area (Å²) in [4.78, 5) is 0. The zero-order valence-electron chi connectivity index (χ0n) is 9.09. The molecule has 15 heavy (non-hydrogen) atoms. The zero-order valence-corrected chi connectivity index (χ0v) is 9.09. The maximum Gasteiger partial charge on any atom is 0.125 e. The van der Waals surface area contributed by atoms with E-state index in [4.69, 9.17) is 4.74 Å². The summed E-state index contributed by atoms with van der Waals surface area (Å²) in [5.41, 5.74) is 1.94. The lowest BCUT2D eigenvalue weighted by atomic mass is 10.1. The molecule has 0 aliphatic carbocycles. The van der Waals surface area contributed by atoms with E-state index < -0.39 is 0 Å². The van der Waals surface area contributed by atoms with Gasteiger partial charge in [-0.25, -0.2) is 4.39 Å². The molecule has 0 spiro atoms. The van der Waals surface area contributed by atoms with Crippen LogP contribution in [0.15, 0.2) is 18.2 Å². The molecular weight excluding hydrogens is 193 g/mol. The standard InChI is InChI=1S/C12H16FNO/c1-8-3-4-10(13)7-12(8)14-11-5-6-15-9(11)2/h3-4,7,9,11,14H,5-6H2,1-2H3. The van der Waals surface area contributed by atoms with Gasteiger partial charge in [-0.15, -0.1) is 0 Å². The number of aryl methyl sites for hydroxylation is 1. The average molecular weight is 209 g/mol. The van der Waals surface area contributed by atoms with E-state index in [0.717, 1.165) is 24.3 Å². The minimum atomic E-state index is -0.199. The highest BCUT2D eigenvalue weighted by atomic mass is 19.1. The third-order valence-corrected chi connectivity index (χ3v) is 2.92. The molecule has 1 N–H and O–H groups in total. The molecule has 3 heteroatoms. The van der Waals surface area contributed by atoms with Crippen molar-refractivity contribution in [1.29, 1.82) is 0 Å². The molecule has 2 unspecified atom stereocenters. The van der Waals surface area contributed by atoms with Crippen molar-refractivity contribution in [3.63, 3.8) is 0 Å². The summed E-state index contributed by atoms with van der Waals surface area (Å²) >= 11 is 0.